The van der Waals surface area contributed by atoms with Crippen molar-refractivity contribution in [1.82, 2.24) is 5.43 Å². The maximum absolute atomic E-state index is 14.0. The quantitative estimate of drug-likeness (QED) is 0.475. The van der Waals surface area contributed by atoms with Gasteiger partial charge in [0.25, 0.3) is 15.9 Å². The number of hydrogen-bond acceptors (Lipinski definition) is 5. The number of anilines is 2. The van der Waals surface area contributed by atoms with Crippen LogP contribution in [-0.4, -0.2) is 20.7 Å². The zero-order valence-electron chi connectivity index (χ0n) is 16.9. The van der Waals surface area contributed by atoms with E-state index in [1.54, 1.807) is 0 Å². The largest absolute Gasteiger partial charge is 0.573 e. The molecule has 0 bridgehead atoms. The van der Waals surface area contributed by atoms with Gasteiger partial charge in [-0.1, -0.05) is 35.9 Å². The van der Waals surface area contributed by atoms with Crippen molar-refractivity contribution in [2.24, 2.45) is 0 Å². The van der Waals surface area contributed by atoms with Crippen LogP contribution in [0.5, 0.6) is 5.75 Å². The van der Waals surface area contributed by atoms with Gasteiger partial charge in [-0.2, -0.15) is 12.8 Å². The normalized spacial score (nSPS) is 13.5. The van der Waals surface area contributed by atoms with Crippen LogP contribution >= 0.6 is 11.6 Å². The molecule has 1 aliphatic rings. The molecule has 0 atom stereocenters. The third-order valence-corrected chi connectivity index (χ3v) is 6.77. The minimum absolute atomic E-state index is 0.0459. The van der Waals surface area contributed by atoms with Crippen LogP contribution in [0.3, 0.4) is 0 Å². The zero-order chi connectivity index (χ0) is 24.7. The van der Waals surface area contributed by atoms with Crippen molar-refractivity contribution < 1.29 is 35.5 Å². The molecule has 1 amide bonds. The molecule has 0 saturated carbocycles. The fourth-order valence-corrected chi connectivity index (χ4v) is 5.04. The third-order valence-electron chi connectivity index (χ3n) is 4.76. The van der Waals surface area contributed by atoms with E-state index in [-0.39, 0.29) is 22.9 Å². The predicted molar refractivity (Wildman–Crippen MR) is 115 cm³/mol. The highest BCUT2D eigenvalue weighted by Gasteiger charge is 2.37. The van der Waals surface area contributed by atoms with Gasteiger partial charge in [-0.05, 0) is 42.0 Å². The summed E-state index contributed by atoms with van der Waals surface area (Å²) < 4.78 is 83.4. The molecule has 13 heteroatoms. The second kappa shape index (κ2) is 8.78. The number of nitrogens with one attached hydrogen (secondary N) is 2. The fraction of sp³-hybridized carbons (Fsp3) is 0.0952. The van der Waals surface area contributed by atoms with Crippen molar-refractivity contribution in [3.05, 3.63) is 82.6 Å². The van der Waals surface area contributed by atoms with Crippen LogP contribution in [0.2, 0.25) is 5.02 Å². The van der Waals surface area contributed by atoms with Crippen molar-refractivity contribution in [2.75, 3.05) is 9.73 Å². The van der Waals surface area contributed by atoms with E-state index in [0.717, 1.165) is 18.2 Å². The molecule has 0 aliphatic carbocycles. The molecular formula is C21H14ClF4N3O4S. The predicted octanol–water partition coefficient (Wildman–Crippen LogP) is 4.84. The second-order valence-corrected chi connectivity index (χ2v) is 9.16. The summed E-state index contributed by atoms with van der Waals surface area (Å²) in [4.78, 5) is 11.8. The Morgan fingerprint density at radius 2 is 1.82 bits per heavy atom. The molecule has 0 radical (unpaired) electrons. The molecule has 1 heterocycles. The summed E-state index contributed by atoms with van der Waals surface area (Å²) in [5.41, 5.74) is 2.84. The van der Waals surface area contributed by atoms with Crippen LogP contribution in [0.25, 0.3) is 0 Å². The number of sulfonamides is 1. The number of benzene rings is 3. The molecule has 0 unspecified atom stereocenters. The molecule has 0 aromatic heterocycles. The second-order valence-electron chi connectivity index (χ2n) is 6.99. The number of ether oxygens (including phenoxy) is 1. The van der Waals surface area contributed by atoms with Crippen LogP contribution < -0.4 is 19.9 Å². The van der Waals surface area contributed by atoms with Crippen molar-refractivity contribution in [1.29, 1.82) is 0 Å². The Bertz CT molecular complexity index is 1360. The number of nitrogens with zero attached hydrogens (tertiary/aromatic N) is 1. The summed E-state index contributed by atoms with van der Waals surface area (Å²) >= 11 is 5.91. The first-order chi connectivity index (χ1) is 16.0. The number of halogens is 5. The van der Waals surface area contributed by atoms with E-state index in [1.165, 1.54) is 42.5 Å². The molecule has 34 heavy (non-hydrogen) atoms. The van der Waals surface area contributed by atoms with E-state index in [1.807, 2.05) is 0 Å². The third kappa shape index (κ3) is 4.65. The molecule has 3 aromatic rings. The lowest BCUT2D eigenvalue weighted by Gasteiger charge is -2.22. The van der Waals surface area contributed by atoms with E-state index in [4.69, 9.17) is 11.6 Å². The van der Waals surface area contributed by atoms with E-state index in [0.29, 0.717) is 9.98 Å². The molecule has 178 valence electrons. The molecule has 4 rings (SSSR count). The van der Waals surface area contributed by atoms with E-state index in [2.05, 4.69) is 15.5 Å². The van der Waals surface area contributed by atoms with Gasteiger partial charge in [0.15, 0.2) is 0 Å². The Labute approximate surface area is 195 Å². The number of hydrazine groups is 1. The van der Waals surface area contributed by atoms with E-state index >= 15 is 0 Å². The van der Waals surface area contributed by atoms with Gasteiger partial charge in [0.1, 0.15) is 16.5 Å². The summed E-state index contributed by atoms with van der Waals surface area (Å²) in [6.07, 6.45) is -5.10. The number of amides is 1. The molecule has 0 saturated heterocycles. The minimum atomic E-state index is -5.10. The molecule has 2 N–H and O–H groups in total. The van der Waals surface area contributed by atoms with Gasteiger partial charge in [-0.3, -0.25) is 4.79 Å². The maximum atomic E-state index is 14.0. The smallest absolute Gasteiger partial charge is 0.404 e. The van der Waals surface area contributed by atoms with Crippen LogP contribution in [0.15, 0.2) is 65.6 Å². The number of para-hydroxylation sites is 1. The Hall–Kier alpha value is -3.35. The molecule has 7 nitrogen and oxygen atoms in total. The van der Waals surface area contributed by atoms with Gasteiger partial charge in [0.2, 0.25) is 0 Å². The van der Waals surface area contributed by atoms with E-state index < -0.39 is 44.3 Å². The number of carbonyl (C=O) groups excluding carboxylic acids is 1. The highest BCUT2D eigenvalue weighted by Crippen LogP contribution is 2.37. The van der Waals surface area contributed by atoms with E-state index in [9.17, 15) is 30.8 Å². The lowest BCUT2D eigenvalue weighted by molar-refractivity contribution is -0.275. The Balaban J connectivity index is 1.67. The highest BCUT2D eigenvalue weighted by molar-refractivity contribution is 7.92. The van der Waals surface area contributed by atoms with Gasteiger partial charge in [0.05, 0.1) is 16.3 Å². The first kappa shape index (κ1) is 23.8. The Morgan fingerprint density at radius 1 is 1.09 bits per heavy atom. The van der Waals surface area contributed by atoms with Crippen LogP contribution in [-0.2, 0) is 16.6 Å². The lowest BCUT2D eigenvalue weighted by atomic mass is 10.1. The molecule has 3 aromatic carbocycles. The lowest BCUT2D eigenvalue weighted by Crippen LogP contribution is -2.38. The van der Waals surface area contributed by atoms with Crippen LogP contribution in [0, 0.1) is 5.82 Å². The summed E-state index contributed by atoms with van der Waals surface area (Å²) in [6, 6.07) is 12.3. The molecule has 1 aliphatic heterocycles. The minimum Gasteiger partial charge on any atom is -0.404 e. The number of rotatable bonds is 5. The topological polar surface area (TPSA) is 87.7 Å². The molecule has 0 spiro atoms. The van der Waals surface area contributed by atoms with Crippen molar-refractivity contribution >= 4 is 38.9 Å². The SMILES string of the molecule is O=C(Nc1ccc2c(c1)N(S(=O)(=O)c1ccccc1OC(F)(F)F)NC2)c1c(F)cccc1Cl. The summed E-state index contributed by atoms with van der Waals surface area (Å²) in [5, 5.41) is 2.32. The first-order valence-electron chi connectivity index (χ1n) is 9.49. The summed E-state index contributed by atoms with van der Waals surface area (Å²) in [7, 11) is -4.56. The summed E-state index contributed by atoms with van der Waals surface area (Å²) in [6.45, 7) is 0.0459. The molecule has 0 fully saturated rings. The van der Waals surface area contributed by atoms with Crippen LogP contribution in [0.4, 0.5) is 28.9 Å². The monoisotopic (exact) mass is 515 g/mol. The van der Waals surface area contributed by atoms with Crippen molar-refractivity contribution in [3.8, 4) is 5.75 Å². The number of fused-ring (bicyclic) bond motifs is 1. The summed E-state index contributed by atoms with van der Waals surface area (Å²) in [5.74, 6) is -2.62. The van der Waals surface area contributed by atoms with Gasteiger partial charge in [0, 0.05) is 12.2 Å². The average molecular weight is 516 g/mol. The molecular weight excluding hydrogens is 502 g/mol. The zero-order valence-corrected chi connectivity index (χ0v) is 18.4. The fourth-order valence-electron chi connectivity index (χ4n) is 3.32. The maximum Gasteiger partial charge on any atom is 0.573 e. The standard InChI is InChI=1S/C21H14ClF4N3O4S/c22-14-4-3-5-15(23)19(14)20(30)28-13-9-8-12-11-27-29(16(12)10-13)34(31,32)18-7-2-1-6-17(18)33-21(24,25)26/h1-10,27H,11H2,(H,28,30). The van der Waals surface area contributed by atoms with Crippen molar-refractivity contribution in [2.45, 2.75) is 17.8 Å². The van der Waals surface area contributed by atoms with Gasteiger partial charge >= 0.3 is 6.36 Å². The number of alkyl halides is 3. The average Bonchev–Trinajstić information content (AvgIpc) is 3.17. The number of hydrogen-bond donors (Lipinski definition) is 2. The van der Waals surface area contributed by atoms with Gasteiger partial charge in [-0.15, -0.1) is 13.2 Å². The Kier molecular flexibility index (Phi) is 6.14. The highest BCUT2D eigenvalue weighted by atomic mass is 35.5. The van der Waals surface area contributed by atoms with Crippen molar-refractivity contribution in [3.63, 3.8) is 0 Å². The van der Waals surface area contributed by atoms with Gasteiger partial charge in [-0.25, -0.2) is 9.82 Å². The Morgan fingerprint density at radius 3 is 2.53 bits per heavy atom. The van der Waals surface area contributed by atoms with Crippen LogP contribution in [0.1, 0.15) is 15.9 Å². The van der Waals surface area contributed by atoms with Gasteiger partial charge < -0.3 is 10.1 Å². The first-order valence-corrected chi connectivity index (χ1v) is 11.3. The number of carbonyl (C=O) groups is 1.